The minimum atomic E-state index is -0.169. The molecule has 9 aliphatic rings. The Hall–Kier alpha value is -7.56. The zero-order valence-corrected chi connectivity index (χ0v) is 45.4. The van der Waals surface area contributed by atoms with Gasteiger partial charge in [0.05, 0.1) is 5.52 Å². The van der Waals surface area contributed by atoms with Crippen LogP contribution in [0.5, 0.6) is 0 Å². The van der Waals surface area contributed by atoms with Crippen LogP contribution in [0.3, 0.4) is 0 Å². The van der Waals surface area contributed by atoms with Gasteiger partial charge in [-0.1, -0.05) is 135 Å². The molecule has 7 fully saturated rings. The average Bonchev–Trinajstić information content (AvgIpc) is 2.73. The van der Waals surface area contributed by atoms with Crippen LogP contribution in [0.2, 0.25) is 0 Å². The maximum atomic E-state index is 4.14. The van der Waals surface area contributed by atoms with E-state index in [9.17, 15) is 0 Å². The predicted molar refractivity (Wildman–Crippen MR) is 328 cm³/mol. The van der Waals surface area contributed by atoms with Gasteiger partial charge in [-0.25, -0.2) is 0 Å². The smallest absolute Gasteiger partial charge is 0.198 e. The van der Waals surface area contributed by atoms with E-state index in [2.05, 4.69) is 223 Å². The topological polar surface area (TPSA) is 20.2 Å². The van der Waals surface area contributed by atoms with Crippen molar-refractivity contribution in [3.63, 3.8) is 0 Å². The lowest BCUT2D eigenvalue weighted by Gasteiger charge is -2.65. The SMILES string of the molecule is CC1(C)c2ccccc2-c2cc(-c3cc(N(c4ccccc4)c4ccccc4)cc4c3Bc3cc(C56CC7CC8CC(C5)C6C87)cc5c6cc(C78C9CCC7CC8C9)ccc6n-4c35)c(Nc3ccc(-c4ccccc4)cc3)cc21. The molecule has 8 aliphatic carbocycles. The van der Waals surface area contributed by atoms with Gasteiger partial charge >= 0.3 is 0 Å². The molecular formula is C75H64BN3. The molecule has 7 saturated carbocycles. The second-order valence-electron chi connectivity index (χ2n) is 26.9. The lowest BCUT2D eigenvalue weighted by atomic mass is 9.39. The van der Waals surface area contributed by atoms with E-state index in [-0.39, 0.29) is 5.41 Å². The summed E-state index contributed by atoms with van der Waals surface area (Å²) in [4.78, 5) is 2.50. The first-order chi connectivity index (χ1) is 38.8. The number of aromatic nitrogens is 1. The second kappa shape index (κ2) is 15.4. The first-order valence-electron chi connectivity index (χ1n) is 30.2. The van der Waals surface area contributed by atoms with Crippen LogP contribution in [-0.2, 0) is 16.2 Å². The van der Waals surface area contributed by atoms with E-state index in [0.717, 1.165) is 83.1 Å². The third kappa shape index (κ3) is 5.66. The van der Waals surface area contributed by atoms with E-state index in [4.69, 9.17) is 0 Å². The number of rotatable bonds is 9. The Morgan fingerprint density at radius 2 is 1.20 bits per heavy atom. The largest absolute Gasteiger partial charge is 0.355 e. The maximum Gasteiger partial charge on any atom is 0.198 e. The Bertz CT molecular complexity index is 4190. The van der Waals surface area contributed by atoms with Gasteiger partial charge in [0, 0.05) is 66.8 Å². The second-order valence-corrected chi connectivity index (χ2v) is 26.9. The maximum absolute atomic E-state index is 4.14. The highest BCUT2D eigenvalue weighted by molar-refractivity contribution is 6.73. The summed E-state index contributed by atoms with van der Waals surface area (Å²) in [6, 6.07) is 75.0. The van der Waals surface area contributed by atoms with E-state index < -0.39 is 0 Å². The molecule has 4 heteroatoms. The molecule has 79 heavy (non-hydrogen) atoms. The Morgan fingerprint density at radius 1 is 0.519 bits per heavy atom. The minimum absolute atomic E-state index is 0.169. The van der Waals surface area contributed by atoms with E-state index in [0.29, 0.717) is 10.8 Å². The van der Waals surface area contributed by atoms with Crippen molar-refractivity contribution in [2.45, 2.75) is 81.5 Å². The first-order valence-corrected chi connectivity index (χ1v) is 30.2. The van der Waals surface area contributed by atoms with Gasteiger partial charge in [-0.05, 0) is 239 Å². The summed E-state index contributed by atoms with van der Waals surface area (Å²) in [5.74, 6) is 7.31. The number of nitrogens with zero attached hydrogens (tertiary/aromatic N) is 2. The van der Waals surface area contributed by atoms with Gasteiger partial charge in [0.2, 0.25) is 0 Å². The summed E-state index contributed by atoms with van der Waals surface area (Å²) in [5.41, 5.74) is 27.1. The molecule has 0 spiro atoms. The summed E-state index contributed by atoms with van der Waals surface area (Å²) in [7, 11) is 0.884. The molecule has 2 heterocycles. The predicted octanol–water partition coefficient (Wildman–Crippen LogP) is 17.0. The van der Waals surface area contributed by atoms with E-state index in [1.807, 2.05) is 0 Å². The summed E-state index contributed by atoms with van der Waals surface area (Å²) in [6.45, 7) is 4.84. The average molecular weight is 1020 g/mol. The summed E-state index contributed by atoms with van der Waals surface area (Å²) < 4.78 is 2.77. The Morgan fingerprint density at radius 3 is 1.96 bits per heavy atom. The number of hydrogen-bond donors (Lipinski definition) is 1. The van der Waals surface area contributed by atoms with Gasteiger partial charge in [0.15, 0.2) is 7.28 Å². The molecule has 1 N–H and O–H groups in total. The zero-order chi connectivity index (χ0) is 51.7. The first kappa shape index (κ1) is 44.3. The lowest BCUT2D eigenvalue weighted by molar-refractivity contribution is -0.0835. The van der Waals surface area contributed by atoms with Gasteiger partial charge in [-0.2, -0.15) is 0 Å². The Labute approximate surface area is 465 Å². The summed E-state index contributed by atoms with van der Waals surface area (Å²) >= 11 is 0. The van der Waals surface area contributed by atoms with Gasteiger partial charge in [0.1, 0.15) is 0 Å². The number of fused-ring (bicyclic) bond motifs is 8. The van der Waals surface area contributed by atoms with Crippen molar-refractivity contribution in [2.75, 3.05) is 10.2 Å². The molecule has 0 radical (unpaired) electrons. The van der Waals surface area contributed by atoms with Crippen molar-refractivity contribution in [1.82, 2.24) is 4.57 Å². The van der Waals surface area contributed by atoms with Crippen LogP contribution in [0.15, 0.2) is 194 Å². The van der Waals surface area contributed by atoms with Crippen molar-refractivity contribution in [3.05, 3.63) is 216 Å². The molecule has 19 rings (SSSR count). The van der Waals surface area contributed by atoms with Gasteiger partial charge in [-0.15, -0.1) is 0 Å². The standard InChI is InChI=1S/C75H64BN3/c1-73(2)63-21-13-12-20-57(63)58-39-59(66(40-64(58)73)77-53-27-22-44(23-28-53)43-14-6-3-7-15-43)61-37-56(78(54-16-8-4-9-17-54)55-18-10-5-11-19-55)38-68-71(61)76-65-36-51(74-41-46-30-45-31-47(42-74)70(74)69(45)46)35-62-60-34-50(26-29-67(60)79(68)72(62)65)75-48-24-25-49(75)33-52(75)32-48/h3-23,26-29,34-40,45-49,52,69-70,76-77H,24-25,30-33,41-42H2,1-2H3. The normalized spacial score (nSPS) is 28.5. The van der Waals surface area contributed by atoms with Crippen molar-refractivity contribution < 1.29 is 0 Å². The Balaban J connectivity index is 0.886. The molecule has 382 valence electrons. The molecular weight excluding hydrogens is 954 g/mol. The molecule has 9 aromatic carbocycles. The number of anilines is 5. The Kier molecular flexibility index (Phi) is 8.65. The number of hydrogen-bond acceptors (Lipinski definition) is 2. The van der Waals surface area contributed by atoms with Gasteiger partial charge < -0.3 is 14.8 Å². The van der Waals surface area contributed by atoms with Crippen molar-refractivity contribution >= 4 is 68.4 Å². The van der Waals surface area contributed by atoms with Crippen molar-refractivity contribution in [2.24, 2.45) is 47.3 Å². The van der Waals surface area contributed by atoms with E-state index >= 15 is 0 Å². The number of benzene rings is 9. The van der Waals surface area contributed by atoms with Gasteiger partial charge in [-0.3, -0.25) is 0 Å². The van der Waals surface area contributed by atoms with Crippen LogP contribution in [0.4, 0.5) is 28.4 Å². The number of para-hydroxylation sites is 2. The molecule has 8 unspecified atom stereocenters. The highest BCUT2D eigenvalue weighted by Gasteiger charge is 2.73. The molecule has 1 aromatic heterocycles. The van der Waals surface area contributed by atoms with Crippen LogP contribution in [0, 0.1) is 47.3 Å². The van der Waals surface area contributed by atoms with E-state index in [1.54, 1.807) is 11.1 Å². The van der Waals surface area contributed by atoms with E-state index in [1.165, 1.54) is 134 Å². The highest BCUT2D eigenvalue weighted by atomic mass is 15.1. The molecule has 1 aliphatic heterocycles. The molecule has 3 nitrogen and oxygen atoms in total. The summed E-state index contributed by atoms with van der Waals surface area (Å²) in [5, 5.41) is 7.14. The van der Waals surface area contributed by atoms with Gasteiger partial charge in [0.25, 0.3) is 0 Å². The molecule has 0 bridgehead atoms. The monoisotopic (exact) mass is 1020 g/mol. The minimum Gasteiger partial charge on any atom is -0.355 e. The number of nitrogens with one attached hydrogen (secondary N) is 1. The lowest BCUT2D eigenvalue weighted by Crippen LogP contribution is -2.61. The molecule has 0 amide bonds. The van der Waals surface area contributed by atoms with Crippen molar-refractivity contribution in [3.8, 4) is 39.1 Å². The third-order valence-electron chi connectivity index (χ3n) is 23.5. The fourth-order valence-electron chi connectivity index (χ4n) is 20.4. The fourth-order valence-corrected chi connectivity index (χ4v) is 20.4. The molecule has 10 aromatic rings. The highest BCUT2D eigenvalue weighted by Crippen LogP contribution is 2.79. The van der Waals surface area contributed by atoms with Crippen LogP contribution in [0.1, 0.15) is 87.5 Å². The molecule has 8 atom stereocenters. The van der Waals surface area contributed by atoms with Crippen LogP contribution >= 0.6 is 0 Å². The fraction of sp³-hybridized carbons (Fsp3) is 0.280. The zero-order valence-electron chi connectivity index (χ0n) is 45.4. The van der Waals surface area contributed by atoms with Crippen molar-refractivity contribution in [1.29, 1.82) is 0 Å². The third-order valence-corrected chi connectivity index (χ3v) is 23.5. The van der Waals surface area contributed by atoms with Crippen LogP contribution < -0.4 is 21.1 Å². The quantitative estimate of drug-likeness (QED) is 0.145. The molecule has 0 saturated heterocycles. The van der Waals surface area contributed by atoms with Crippen LogP contribution in [0.25, 0.3) is 60.9 Å². The summed E-state index contributed by atoms with van der Waals surface area (Å²) in [6.07, 6.45) is 11.5. The van der Waals surface area contributed by atoms with Crippen LogP contribution in [-0.4, -0.2) is 11.8 Å².